The van der Waals surface area contributed by atoms with Gasteiger partial charge in [0.15, 0.2) is 5.62 Å². The minimum Gasteiger partial charge on any atom is -0.291 e. The lowest BCUT2D eigenvalue weighted by molar-refractivity contribution is -0.384. The molecule has 16 heavy (non-hydrogen) atoms. The van der Waals surface area contributed by atoms with Crippen molar-refractivity contribution in [2.75, 3.05) is 11.5 Å². The van der Waals surface area contributed by atoms with Crippen molar-refractivity contribution in [1.82, 2.24) is 0 Å². The third-order valence-corrected chi connectivity index (χ3v) is 4.77. The third kappa shape index (κ3) is 4.91. The maximum Gasteiger partial charge on any atom is 0.269 e. The topological polar surface area (TPSA) is 60.2 Å². The Labute approximate surface area is 105 Å². The van der Waals surface area contributed by atoms with Crippen LogP contribution in [0.3, 0.4) is 0 Å². The Bertz CT molecular complexity index is 356. The molecular weight excluding hydrogens is 266 g/mol. The summed E-state index contributed by atoms with van der Waals surface area (Å²) >= 11 is 1.25. The second-order valence-electron chi connectivity index (χ2n) is 2.62. The number of hydrogen-bond acceptors (Lipinski definition) is 6. The first kappa shape index (κ1) is 13.4. The molecule has 1 rings (SSSR count). The van der Waals surface area contributed by atoms with Crippen LogP contribution in [0.5, 0.6) is 0 Å². The second kappa shape index (κ2) is 7.59. The Morgan fingerprint density at radius 3 is 2.50 bits per heavy atom. The molecule has 1 aromatic rings. The van der Waals surface area contributed by atoms with Gasteiger partial charge in [0, 0.05) is 28.5 Å². The van der Waals surface area contributed by atoms with Crippen LogP contribution in [0.1, 0.15) is 0 Å². The van der Waals surface area contributed by atoms with Gasteiger partial charge in [-0.15, -0.1) is 0 Å². The van der Waals surface area contributed by atoms with E-state index in [0.717, 1.165) is 22.0 Å². The Kier molecular flexibility index (Phi) is 6.36. The van der Waals surface area contributed by atoms with Crippen molar-refractivity contribution in [3.05, 3.63) is 34.4 Å². The smallest absolute Gasteiger partial charge is 0.269 e. The molecule has 0 spiro atoms. The van der Waals surface area contributed by atoms with E-state index < -0.39 is 4.92 Å². The summed E-state index contributed by atoms with van der Waals surface area (Å²) in [4.78, 5) is 21.0. The number of hydrogen-bond donors (Lipinski definition) is 0. The summed E-state index contributed by atoms with van der Waals surface area (Å²) in [6, 6.07) is 6.43. The fourth-order valence-electron chi connectivity index (χ4n) is 0.863. The number of carbonyl (C=O) groups is 1. The number of benzene rings is 1. The average Bonchev–Trinajstić information content (AvgIpc) is 2.29. The third-order valence-electron chi connectivity index (χ3n) is 1.56. The van der Waals surface area contributed by atoms with Crippen molar-refractivity contribution in [2.45, 2.75) is 4.90 Å². The molecule has 0 saturated heterocycles. The van der Waals surface area contributed by atoms with Crippen molar-refractivity contribution in [3.8, 4) is 0 Å². The van der Waals surface area contributed by atoms with Gasteiger partial charge in [0.25, 0.3) is 5.69 Å². The van der Waals surface area contributed by atoms with Crippen LogP contribution < -0.4 is 0 Å². The SMILES string of the molecule is O=CSCCSSc1ccc([N+](=O)[O-])cc1. The molecule has 0 N–H and O–H groups in total. The van der Waals surface area contributed by atoms with Gasteiger partial charge in [0.05, 0.1) is 4.92 Å². The van der Waals surface area contributed by atoms with E-state index in [1.807, 2.05) is 0 Å². The van der Waals surface area contributed by atoms with Gasteiger partial charge in [0.2, 0.25) is 0 Å². The highest BCUT2D eigenvalue weighted by atomic mass is 33.1. The van der Waals surface area contributed by atoms with Crippen LogP contribution in [0.4, 0.5) is 5.69 Å². The number of nitrogens with zero attached hydrogens (tertiary/aromatic N) is 1. The van der Waals surface area contributed by atoms with Crippen LogP contribution in [0, 0.1) is 10.1 Å². The zero-order chi connectivity index (χ0) is 11.8. The Morgan fingerprint density at radius 1 is 1.25 bits per heavy atom. The normalized spacial score (nSPS) is 10.0. The summed E-state index contributed by atoms with van der Waals surface area (Å²) in [6.45, 7) is 0. The molecule has 0 radical (unpaired) electrons. The molecule has 0 heterocycles. The standard InChI is InChI=1S/C9H9NO3S3/c11-7-14-5-6-15-16-9-3-1-8(2-4-9)10(12)13/h1-4,7H,5-6H2. The summed E-state index contributed by atoms with van der Waals surface area (Å²) in [7, 11) is 3.18. The molecule has 0 saturated carbocycles. The molecule has 1 aromatic carbocycles. The van der Waals surface area contributed by atoms with E-state index >= 15 is 0 Å². The van der Waals surface area contributed by atoms with Crippen LogP contribution in [0.15, 0.2) is 29.2 Å². The molecule has 4 nitrogen and oxygen atoms in total. The van der Waals surface area contributed by atoms with Crippen LogP contribution in [-0.4, -0.2) is 22.0 Å². The molecule has 0 aromatic heterocycles. The first-order valence-corrected chi connectivity index (χ1v) is 7.70. The summed E-state index contributed by atoms with van der Waals surface area (Å²) in [6.07, 6.45) is 0. The van der Waals surface area contributed by atoms with E-state index in [-0.39, 0.29) is 5.69 Å². The summed E-state index contributed by atoms with van der Waals surface area (Å²) < 4.78 is 0. The van der Waals surface area contributed by atoms with Crippen LogP contribution in [0.25, 0.3) is 0 Å². The number of non-ortho nitro benzene ring substituents is 1. The quantitative estimate of drug-likeness (QED) is 0.250. The van der Waals surface area contributed by atoms with Crippen molar-refractivity contribution in [1.29, 1.82) is 0 Å². The van der Waals surface area contributed by atoms with Gasteiger partial charge in [-0.3, -0.25) is 14.9 Å². The largest absolute Gasteiger partial charge is 0.291 e. The van der Waals surface area contributed by atoms with Gasteiger partial charge in [-0.05, 0) is 12.1 Å². The highest BCUT2D eigenvalue weighted by molar-refractivity contribution is 8.76. The summed E-state index contributed by atoms with van der Waals surface area (Å²) in [5.74, 6) is 1.65. The molecule has 0 aliphatic rings. The maximum absolute atomic E-state index is 10.4. The van der Waals surface area contributed by atoms with Crippen LogP contribution >= 0.6 is 33.3 Å². The lowest BCUT2D eigenvalue weighted by Gasteiger charge is -1.99. The molecule has 86 valence electrons. The van der Waals surface area contributed by atoms with Gasteiger partial charge in [-0.2, -0.15) is 0 Å². The maximum atomic E-state index is 10.4. The minimum absolute atomic E-state index is 0.103. The van der Waals surface area contributed by atoms with E-state index in [2.05, 4.69) is 0 Å². The minimum atomic E-state index is -0.414. The number of thioether (sulfide) groups is 1. The van der Waals surface area contributed by atoms with Gasteiger partial charge in [0.1, 0.15) is 0 Å². The molecule has 0 aliphatic heterocycles. The van der Waals surface area contributed by atoms with Gasteiger partial charge in [-0.25, -0.2) is 0 Å². The first-order chi connectivity index (χ1) is 7.74. The summed E-state index contributed by atoms with van der Waals surface area (Å²) in [5.41, 5.74) is 0.933. The van der Waals surface area contributed by atoms with Crippen molar-refractivity contribution in [3.63, 3.8) is 0 Å². The Balaban J connectivity index is 2.32. The van der Waals surface area contributed by atoms with Crippen molar-refractivity contribution >= 4 is 44.7 Å². The predicted molar refractivity (Wildman–Crippen MR) is 70.6 cm³/mol. The highest BCUT2D eigenvalue weighted by Crippen LogP contribution is 2.32. The van der Waals surface area contributed by atoms with E-state index in [0.29, 0.717) is 0 Å². The predicted octanol–water partition coefficient (Wildman–Crippen LogP) is 3.26. The van der Waals surface area contributed by atoms with Gasteiger partial charge >= 0.3 is 0 Å². The Morgan fingerprint density at radius 2 is 1.94 bits per heavy atom. The molecule has 0 unspecified atom stereocenters. The zero-order valence-corrected chi connectivity index (χ0v) is 10.6. The molecular formula is C9H9NO3S3. The fraction of sp³-hybridized carbons (Fsp3) is 0.222. The number of rotatable bonds is 7. The number of nitro groups is 1. The van der Waals surface area contributed by atoms with E-state index in [4.69, 9.17) is 0 Å². The van der Waals surface area contributed by atoms with Gasteiger partial charge < -0.3 is 0 Å². The van der Waals surface area contributed by atoms with Crippen LogP contribution in [-0.2, 0) is 4.79 Å². The Hall–Kier alpha value is -0.660. The van der Waals surface area contributed by atoms with Gasteiger partial charge in [-0.1, -0.05) is 33.3 Å². The lowest BCUT2D eigenvalue weighted by atomic mass is 10.3. The lowest BCUT2D eigenvalue weighted by Crippen LogP contribution is -1.86. The van der Waals surface area contributed by atoms with Crippen molar-refractivity contribution < 1.29 is 9.72 Å². The van der Waals surface area contributed by atoms with E-state index in [1.54, 1.807) is 33.7 Å². The highest BCUT2D eigenvalue weighted by Gasteiger charge is 2.03. The molecule has 7 heteroatoms. The summed E-state index contributed by atoms with van der Waals surface area (Å²) in [5, 5.41) is 10.4. The molecule has 0 amide bonds. The molecule has 0 fully saturated rings. The average molecular weight is 275 g/mol. The molecule has 0 bridgehead atoms. The second-order valence-corrected chi connectivity index (χ2v) is 6.05. The zero-order valence-electron chi connectivity index (χ0n) is 8.20. The number of carbonyl (C=O) groups excluding carboxylic acids is 1. The fourth-order valence-corrected chi connectivity index (χ4v) is 3.69. The van der Waals surface area contributed by atoms with Crippen LogP contribution in [0.2, 0.25) is 0 Å². The monoisotopic (exact) mass is 275 g/mol. The first-order valence-electron chi connectivity index (χ1n) is 4.33. The van der Waals surface area contributed by atoms with E-state index in [1.165, 1.54) is 23.9 Å². The van der Waals surface area contributed by atoms with E-state index in [9.17, 15) is 14.9 Å². The molecule has 0 aliphatic carbocycles. The van der Waals surface area contributed by atoms with Crippen molar-refractivity contribution in [2.24, 2.45) is 0 Å². The molecule has 0 atom stereocenters. The number of nitro benzene ring substituents is 1.